The van der Waals surface area contributed by atoms with Gasteiger partial charge in [0.25, 0.3) is 11.8 Å². The SMILES string of the molecule is CN(Cc1ccsc1)C[C@H](O)CN1C(=O)c2ccccc2C1=O. The van der Waals surface area contributed by atoms with Crippen LogP contribution in [0.3, 0.4) is 0 Å². The number of fused-ring (bicyclic) bond motifs is 1. The summed E-state index contributed by atoms with van der Waals surface area (Å²) in [7, 11) is 1.91. The molecule has 2 aromatic rings. The minimum atomic E-state index is -0.777. The summed E-state index contributed by atoms with van der Waals surface area (Å²) in [5.74, 6) is -0.657. The maximum atomic E-state index is 12.3. The van der Waals surface area contributed by atoms with Crippen molar-refractivity contribution >= 4 is 23.2 Å². The maximum absolute atomic E-state index is 12.3. The number of hydrogen-bond donors (Lipinski definition) is 1. The van der Waals surface area contributed by atoms with Crippen LogP contribution in [0.5, 0.6) is 0 Å². The first-order chi connectivity index (χ1) is 11.1. The van der Waals surface area contributed by atoms with Gasteiger partial charge in [-0.25, -0.2) is 0 Å². The van der Waals surface area contributed by atoms with Crippen LogP contribution in [0, 0.1) is 0 Å². The first-order valence-electron chi connectivity index (χ1n) is 7.39. The standard InChI is InChI=1S/C17H18N2O3S/c1-18(8-12-6-7-23-11-12)9-13(20)10-19-16(21)14-4-2-3-5-15(14)17(19)22/h2-7,11,13,20H,8-10H2,1H3/t13-/m0/s1. The van der Waals surface area contributed by atoms with Crippen LogP contribution in [-0.4, -0.2) is 53.0 Å². The van der Waals surface area contributed by atoms with Gasteiger partial charge in [0.15, 0.2) is 0 Å². The molecule has 0 saturated heterocycles. The van der Waals surface area contributed by atoms with Crippen LogP contribution in [0.4, 0.5) is 0 Å². The molecule has 0 saturated carbocycles. The fourth-order valence-electron chi connectivity index (χ4n) is 2.79. The summed E-state index contributed by atoms with van der Waals surface area (Å²) in [6.45, 7) is 1.13. The van der Waals surface area contributed by atoms with Crippen molar-refractivity contribution in [2.24, 2.45) is 0 Å². The minimum absolute atomic E-state index is 0.0142. The quantitative estimate of drug-likeness (QED) is 0.821. The number of amides is 2. The fourth-order valence-corrected chi connectivity index (χ4v) is 3.45. The molecule has 1 aromatic heterocycles. The Kier molecular flexibility index (Phi) is 4.56. The van der Waals surface area contributed by atoms with Crippen molar-refractivity contribution in [2.75, 3.05) is 20.1 Å². The van der Waals surface area contributed by atoms with E-state index < -0.39 is 6.10 Å². The Labute approximate surface area is 138 Å². The average Bonchev–Trinajstić information content (AvgIpc) is 3.11. The molecule has 3 rings (SSSR count). The van der Waals surface area contributed by atoms with E-state index in [2.05, 4.69) is 5.38 Å². The van der Waals surface area contributed by atoms with Gasteiger partial charge in [0.1, 0.15) is 0 Å². The minimum Gasteiger partial charge on any atom is -0.390 e. The number of aliphatic hydroxyl groups excluding tert-OH is 1. The topological polar surface area (TPSA) is 60.9 Å². The number of imide groups is 1. The number of thiophene rings is 1. The molecular weight excluding hydrogens is 312 g/mol. The smallest absolute Gasteiger partial charge is 0.261 e. The summed E-state index contributed by atoms with van der Waals surface area (Å²) in [5.41, 5.74) is 2.01. The van der Waals surface area contributed by atoms with Crippen LogP contribution in [0.25, 0.3) is 0 Å². The molecule has 0 radical (unpaired) electrons. The average molecular weight is 330 g/mol. The van der Waals surface area contributed by atoms with E-state index in [0.717, 1.165) is 11.4 Å². The van der Waals surface area contributed by atoms with Gasteiger partial charge in [0.2, 0.25) is 0 Å². The summed E-state index contributed by atoms with van der Waals surface area (Å²) in [4.78, 5) is 27.6. The third-order valence-corrected chi connectivity index (χ3v) is 4.56. The van der Waals surface area contributed by atoms with E-state index in [1.807, 2.05) is 23.4 Å². The van der Waals surface area contributed by atoms with E-state index >= 15 is 0 Å². The van der Waals surface area contributed by atoms with Gasteiger partial charge in [-0.2, -0.15) is 11.3 Å². The molecule has 1 aliphatic rings. The predicted molar refractivity (Wildman–Crippen MR) is 88.5 cm³/mol. The van der Waals surface area contributed by atoms with Crippen molar-refractivity contribution in [3.63, 3.8) is 0 Å². The highest BCUT2D eigenvalue weighted by Gasteiger charge is 2.36. The monoisotopic (exact) mass is 330 g/mol. The first kappa shape index (κ1) is 15.9. The van der Waals surface area contributed by atoms with E-state index in [9.17, 15) is 14.7 Å². The molecule has 0 unspecified atom stereocenters. The van der Waals surface area contributed by atoms with Crippen LogP contribution < -0.4 is 0 Å². The Hall–Kier alpha value is -2.02. The van der Waals surface area contributed by atoms with Crippen LogP contribution in [0.2, 0.25) is 0 Å². The van der Waals surface area contributed by atoms with Gasteiger partial charge in [0.05, 0.1) is 23.8 Å². The lowest BCUT2D eigenvalue weighted by Gasteiger charge is -2.23. The third-order valence-electron chi connectivity index (χ3n) is 3.83. The number of rotatable bonds is 6. The number of carbonyl (C=O) groups excluding carboxylic acids is 2. The van der Waals surface area contributed by atoms with Crippen LogP contribution in [0.15, 0.2) is 41.1 Å². The molecule has 1 aromatic carbocycles. The summed E-state index contributed by atoms with van der Waals surface area (Å²) < 4.78 is 0. The maximum Gasteiger partial charge on any atom is 0.261 e. The second kappa shape index (κ2) is 6.62. The second-order valence-corrected chi connectivity index (χ2v) is 6.53. The van der Waals surface area contributed by atoms with E-state index in [1.54, 1.807) is 35.6 Å². The lowest BCUT2D eigenvalue weighted by atomic mass is 10.1. The highest BCUT2D eigenvalue weighted by Crippen LogP contribution is 2.22. The summed E-state index contributed by atoms with van der Waals surface area (Å²) in [5, 5.41) is 14.3. The molecule has 6 heteroatoms. The van der Waals surface area contributed by atoms with Gasteiger partial charge in [-0.1, -0.05) is 12.1 Å². The molecule has 2 heterocycles. The normalized spacial score (nSPS) is 15.3. The Morgan fingerprint density at radius 1 is 1.17 bits per heavy atom. The van der Waals surface area contributed by atoms with E-state index in [1.165, 1.54) is 5.56 Å². The van der Waals surface area contributed by atoms with Crippen molar-refractivity contribution in [1.82, 2.24) is 9.80 Å². The number of benzene rings is 1. The number of carbonyl (C=O) groups is 2. The lowest BCUT2D eigenvalue weighted by Crippen LogP contribution is -2.41. The van der Waals surface area contributed by atoms with Gasteiger partial charge in [0, 0.05) is 13.1 Å². The molecule has 0 spiro atoms. The zero-order valence-corrected chi connectivity index (χ0v) is 13.6. The van der Waals surface area contributed by atoms with Gasteiger partial charge in [-0.15, -0.1) is 0 Å². The highest BCUT2D eigenvalue weighted by molar-refractivity contribution is 7.07. The Morgan fingerprint density at radius 3 is 2.39 bits per heavy atom. The van der Waals surface area contributed by atoms with Crippen molar-refractivity contribution in [3.05, 3.63) is 57.8 Å². The van der Waals surface area contributed by atoms with E-state index in [4.69, 9.17) is 0 Å². The summed E-state index contributed by atoms with van der Waals surface area (Å²) in [6.07, 6.45) is -0.777. The molecule has 2 amide bonds. The molecule has 0 aliphatic carbocycles. The highest BCUT2D eigenvalue weighted by atomic mass is 32.1. The second-order valence-electron chi connectivity index (χ2n) is 5.75. The van der Waals surface area contributed by atoms with Gasteiger partial charge >= 0.3 is 0 Å². The number of aliphatic hydroxyl groups is 1. The number of likely N-dealkylation sites (N-methyl/N-ethyl adjacent to an activating group) is 1. The molecule has 1 atom stereocenters. The lowest BCUT2D eigenvalue weighted by molar-refractivity contribution is 0.0488. The first-order valence-corrected chi connectivity index (χ1v) is 8.33. The third kappa shape index (κ3) is 3.34. The van der Waals surface area contributed by atoms with Gasteiger partial charge < -0.3 is 5.11 Å². The molecule has 23 heavy (non-hydrogen) atoms. The van der Waals surface area contributed by atoms with E-state index in [0.29, 0.717) is 17.7 Å². The number of nitrogens with zero attached hydrogens (tertiary/aromatic N) is 2. The predicted octanol–water partition coefficient (Wildman–Crippen LogP) is 1.84. The summed E-state index contributed by atoms with van der Waals surface area (Å²) >= 11 is 1.63. The van der Waals surface area contributed by atoms with Crippen LogP contribution in [0.1, 0.15) is 26.3 Å². The Morgan fingerprint density at radius 2 is 1.83 bits per heavy atom. The van der Waals surface area contributed by atoms with Crippen LogP contribution in [-0.2, 0) is 6.54 Å². The molecule has 120 valence electrons. The van der Waals surface area contributed by atoms with Crippen molar-refractivity contribution in [1.29, 1.82) is 0 Å². The molecule has 5 nitrogen and oxygen atoms in total. The van der Waals surface area contributed by atoms with Crippen LogP contribution >= 0.6 is 11.3 Å². The van der Waals surface area contributed by atoms with Gasteiger partial charge in [-0.05, 0) is 41.6 Å². The molecular formula is C17H18N2O3S. The van der Waals surface area contributed by atoms with Crippen molar-refractivity contribution in [2.45, 2.75) is 12.6 Å². The zero-order valence-electron chi connectivity index (χ0n) is 12.8. The van der Waals surface area contributed by atoms with E-state index in [-0.39, 0.29) is 18.4 Å². The summed E-state index contributed by atoms with van der Waals surface area (Å²) in [6, 6.07) is 8.80. The molecule has 0 bridgehead atoms. The largest absolute Gasteiger partial charge is 0.390 e. The molecule has 1 aliphatic heterocycles. The van der Waals surface area contributed by atoms with Crippen molar-refractivity contribution in [3.8, 4) is 0 Å². The number of hydrogen-bond acceptors (Lipinski definition) is 5. The number of β-amino-alcohol motifs (C(OH)–C–C–N with tert-alkyl or cyclic N) is 1. The molecule has 0 fully saturated rings. The Balaban J connectivity index is 1.59. The fraction of sp³-hybridized carbons (Fsp3) is 0.294. The van der Waals surface area contributed by atoms with Gasteiger partial charge in [-0.3, -0.25) is 19.4 Å². The Bertz CT molecular complexity index is 679. The molecule has 1 N–H and O–H groups in total. The zero-order chi connectivity index (χ0) is 16.4. The van der Waals surface area contributed by atoms with Crippen molar-refractivity contribution < 1.29 is 14.7 Å².